The minimum absolute atomic E-state index is 0.184. The molecular weight excluding hydrogens is 263 g/mol. The van der Waals surface area contributed by atoms with E-state index in [1.54, 1.807) is 6.20 Å². The fourth-order valence-electron chi connectivity index (χ4n) is 2.15. The molecule has 1 aliphatic rings. The molecule has 8 heteroatoms. The van der Waals surface area contributed by atoms with Crippen molar-refractivity contribution in [2.24, 2.45) is 0 Å². The maximum atomic E-state index is 12.0. The van der Waals surface area contributed by atoms with Gasteiger partial charge in [-0.05, 0) is 19.8 Å². The molecule has 19 heavy (non-hydrogen) atoms. The normalized spacial score (nSPS) is 18.5. The zero-order valence-electron chi connectivity index (χ0n) is 10.4. The minimum atomic E-state index is -4.95. The predicted octanol–water partition coefficient (Wildman–Crippen LogP) is 1.85. The second-order valence-corrected chi connectivity index (χ2v) is 4.42. The van der Waals surface area contributed by atoms with Crippen LogP contribution in [-0.4, -0.2) is 39.8 Å². The van der Waals surface area contributed by atoms with Crippen LogP contribution in [-0.2, 0) is 9.63 Å². The molecule has 1 aromatic heterocycles. The number of rotatable bonds is 2. The topological polar surface area (TPSA) is 47.4 Å². The Morgan fingerprint density at radius 3 is 2.53 bits per heavy atom. The lowest BCUT2D eigenvalue weighted by Crippen LogP contribution is -2.40. The molecule has 0 saturated carbocycles. The Morgan fingerprint density at radius 1 is 1.42 bits per heavy atom. The molecule has 2 heterocycles. The number of carbonyl (C=O) groups is 1. The van der Waals surface area contributed by atoms with Gasteiger partial charge in [-0.2, -0.15) is 13.2 Å². The van der Waals surface area contributed by atoms with Gasteiger partial charge in [-0.15, -0.1) is 5.06 Å². The van der Waals surface area contributed by atoms with Crippen LogP contribution in [0, 0.1) is 6.92 Å². The number of piperidine rings is 1. The summed E-state index contributed by atoms with van der Waals surface area (Å²) in [6.07, 6.45) is -0.189. The molecule has 2 rings (SSSR count). The maximum Gasteiger partial charge on any atom is 0.492 e. The number of nitrogens with zero attached hydrogens (tertiary/aromatic N) is 3. The summed E-state index contributed by atoms with van der Waals surface area (Å²) in [6.45, 7) is 2.43. The Hall–Kier alpha value is -1.57. The highest BCUT2D eigenvalue weighted by Crippen LogP contribution is 2.25. The van der Waals surface area contributed by atoms with Crippen LogP contribution in [0.1, 0.15) is 24.7 Å². The molecule has 0 amide bonds. The molecular formula is C11H14F3N3O2. The highest BCUT2D eigenvalue weighted by molar-refractivity contribution is 5.75. The highest BCUT2D eigenvalue weighted by Gasteiger charge is 2.43. The number of imidazole rings is 1. The van der Waals surface area contributed by atoms with Crippen molar-refractivity contribution in [1.29, 1.82) is 0 Å². The first kappa shape index (κ1) is 13.9. The van der Waals surface area contributed by atoms with Crippen molar-refractivity contribution >= 4 is 5.97 Å². The molecule has 1 aromatic rings. The third kappa shape index (κ3) is 3.25. The molecule has 0 aliphatic carbocycles. The number of alkyl halides is 3. The average molecular weight is 277 g/mol. The second kappa shape index (κ2) is 5.20. The lowest BCUT2D eigenvalue weighted by molar-refractivity contribution is -0.242. The molecule has 0 bridgehead atoms. The zero-order valence-corrected chi connectivity index (χ0v) is 10.4. The predicted molar refractivity (Wildman–Crippen MR) is 59.0 cm³/mol. The van der Waals surface area contributed by atoms with Crippen molar-refractivity contribution < 1.29 is 22.8 Å². The van der Waals surface area contributed by atoms with E-state index in [4.69, 9.17) is 0 Å². The van der Waals surface area contributed by atoms with Crippen LogP contribution < -0.4 is 0 Å². The van der Waals surface area contributed by atoms with Gasteiger partial charge in [0.15, 0.2) is 0 Å². The van der Waals surface area contributed by atoms with E-state index in [9.17, 15) is 18.0 Å². The Morgan fingerprint density at radius 2 is 2.05 bits per heavy atom. The van der Waals surface area contributed by atoms with Gasteiger partial charge >= 0.3 is 12.1 Å². The van der Waals surface area contributed by atoms with E-state index in [-0.39, 0.29) is 19.1 Å². The summed E-state index contributed by atoms with van der Waals surface area (Å²) in [7, 11) is 0. The largest absolute Gasteiger partial charge is 0.492 e. The molecule has 0 spiro atoms. The molecule has 1 aliphatic heterocycles. The molecule has 1 saturated heterocycles. The first-order valence-electron chi connectivity index (χ1n) is 5.91. The molecule has 0 N–H and O–H groups in total. The summed E-state index contributed by atoms with van der Waals surface area (Å²) in [5.74, 6) is -1.30. The first-order chi connectivity index (χ1) is 8.88. The Bertz CT molecular complexity index is 450. The van der Waals surface area contributed by atoms with E-state index in [1.807, 2.05) is 17.7 Å². The number of hydroxylamine groups is 2. The van der Waals surface area contributed by atoms with Crippen molar-refractivity contribution in [1.82, 2.24) is 14.6 Å². The van der Waals surface area contributed by atoms with Crippen molar-refractivity contribution in [2.45, 2.75) is 32.0 Å². The van der Waals surface area contributed by atoms with Gasteiger partial charge in [-0.1, -0.05) is 0 Å². The van der Waals surface area contributed by atoms with Gasteiger partial charge in [0.05, 0.1) is 0 Å². The Kier molecular flexibility index (Phi) is 3.79. The van der Waals surface area contributed by atoms with Gasteiger partial charge < -0.3 is 9.40 Å². The van der Waals surface area contributed by atoms with Gasteiger partial charge in [-0.25, -0.2) is 9.78 Å². The van der Waals surface area contributed by atoms with Crippen LogP contribution in [0.2, 0.25) is 0 Å². The number of aromatic nitrogens is 2. The second-order valence-electron chi connectivity index (χ2n) is 4.42. The van der Waals surface area contributed by atoms with Gasteiger partial charge in [0.25, 0.3) is 0 Å². The first-order valence-corrected chi connectivity index (χ1v) is 5.91. The van der Waals surface area contributed by atoms with E-state index in [0.29, 0.717) is 12.8 Å². The van der Waals surface area contributed by atoms with E-state index < -0.39 is 12.1 Å². The van der Waals surface area contributed by atoms with Crippen molar-refractivity contribution in [2.75, 3.05) is 13.1 Å². The van der Waals surface area contributed by atoms with Gasteiger partial charge in [0.1, 0.15) is 5.82 Å². The SMILES string of the molecule is Cc1nccn1C1CCN(OC(=O)C(F)(F)F)CC1. The number of hydrogen-bond acceptors (Lipinski definition) is 4. The Labute approximate surface area is 107 Å². The molecule has 0 atom stereocenters. The van der Waals surface area contributed by atoms with Crippen molar-refractivity contribution in [3.05, 3.63) is 18.2 Å². The van der Waals surface area contributed by atoms with E-state index in [1.165, 1.54) is 0 Å². The van der Waals surface area contributed by atoms with Crippen molar-refractivity contribution in [3.8, 4) is 0 Å². The van der Waals surface area contributed by atoms with Crippen LogP contribution >= 0.6 is 0 Å². The van der Waals surface area contributed by atoms with Crippen LogP contribution in [0.4, 0.5) is 13.2 Å². The zero-order chi connectivity index (χ0) is 14.0. The van der Waals surface area contributed by atoms with Crippen LogP contribution in [0.3, 0.4) is 0 Å². The molecule has 106 valence electrons. The van der Waals surface area contributed by atoms with Crippen LogP contribution in [0.25, 0.3) is 0 Å². The number of carbonyl (C=O) groups excluding carboxylic acids is 1. The standard InChI is InChI=1S/C11H14F3N3O2/c1-8-15-4-7-17(8)9-2-5-16(6-3-9)19-10(18)11(12,13)14/h4,7,9H,2-3,5-6H2,1H3. The lowest BCUT2D eigenvalue weighted by Gasteiger charge is -2.31. The van der Waals surface area contributed by atoms with Gasteiger partial charge in [-0.3, -0.25) is 0 Å². The maximum absolute atomic E-state index is 12.0. The number of aryl methyl sites for hydroxylation is 1. The van der Waals surface area contributed by atoms with Crippen molar-refractivity contribution in [3.63, 3.8) is 0 Å². The smallest absolute Gasteiger partial charge is 0.361 e. The highest BCUT2D eigenvalue weighted by atomic mass is 19.4. The summed E-state index contributed by atoms with van der Waals surface area (Å²) in [5, 5.41) is 1.07. The molecule has 1 fully saturated rings. The summed E-state index contributed by atoms with van der Waals surface area (Å²) in [4.78, 5) is 19.1. The number of hydrogen-bond donors (Lipinski definition) is 0. The monoisotopic (exact) mass is 277 g/mol. The summed E-state index contributed by atoms with van der Waals surface area (Å²) in [6, 6.07) is 0.184. The molecule has 0 aromatic carbocycles. The minimum Gasteiger partial charge on any atom is -0.361 e. The lowest BCUT2D eigenvalue weighted by atomic mass is 10.1. The molecule has 5 nitrogen and oxygen atoms in total. The summed E-state index contributed by atoms with van der Waals surface area (Å²) in [5.41, 5.74) is 0. The summed E-state index contributed by atoms with van der Waals surface area (Å²) < 4.78 is 38.1. The van der Waals surface area contributed by atoms with E-state index in [2.05, 4.69) is 9.82 Å². The van der Waals surface area contributed by atoms with Crippen LogP contribution in [0.5, 0.6) is 0 Å². The molecule has 0 radical (unpaired) electrons. The van der Waals surface area contributed by atoms with Crippen LogP contribution in [0.15, 0.2) is 12.4 Å². The van der Waals surface area contributed by atoms with Gasteiger partial charge in [0, 0.05) is 31.5 Å². The average Bonchev–Trinajstić information content (AvgIpc) is 2.75. The molecule has 0 unspecified atom stereocenters. The van der Waals surface area contributed by atoms with E-state index in [0.717, 1.165) is 10.9 Å². The third-order valence-corrected chi connectivity index (χ3v) is 3.12. The van der Waals surface area contributed by atoms with Gasteiger partial charge in [0.2, 0.25) is 0 Å². The quantitative estimate of drug-likeness (QED) is 0.827. The third-order valence-electron chi connectivity index (χ3n) is 3.12. The Balaban J connectivity index is 1.86. The fraction of sp³-hybridized carbons (Fsp3) is 0.636. The fourth-order valence-corrected chi connectivity index (χ4v) is 2.15. The number of halogens is 3. The van der Waals surface area contributed by atoms with E-state index >= 15 is 0 Å². The summed E-state index contributed by atoms with van der Waals surface area (Å²) >= 11 is 0.